The number of ether oxygens (including phenoxy) is 3. The molecule has 9 heteroatoms. The van der Waals surface area contributed by atoms with Gasteiger partial charge in [0.2, 0.25) is 5.78 Å². The third-order valence-corrected chi connectivity index (χ3v) is 7.85. The molecule has 2 N–H and O–H groups in total. The van der Waals surface area contributed by atoms with E-state index in [4.69, 9.17) is 14.2 Å². The number of ketones is 1. The van der Waals surface area contributed by atoms with Crippen LogP contribution in [-0.4, -0.2) is 68.2 Å². The number of likely N-dealkylation sites (tertiary alicyclic amines) is 1. The molecular weight excluding hydrogens is 536 g/mol. The number of carbonyl (C=O) groups excluding carboxylic acids is 2. The van der Waals surface area contributed by atoms with Crippen molar-refractivity contribution in [2.24, 2.45) is 0 Å². The largest absolute Gasteiger partial charge is 0.872 e. The van der Waals surface area contributed by atoms with Crippen LogP contribution in [0.5, 0.6) is 17.2 Å². The van der Waals surface area contributed by atoms with Crippen molar-refractivity contribution in [1.82, 2.24) is 4.90 Å². The molecule has 0 saturated carbocycles. The number of aromatic hydroxyl groups is 1. The number of carbonyl (C=O) groups is 2. The highest BCUT2D eigenvalue weighted by atomic mass is 16.5. The Hall–Kier alpha value is -4.34. The molecule has 2 saturated heterocycles. The van der Waals surface area contributed by atoms with E-state index >= 15 is 0 Å². The van der Waals surface area contributed by atoms with Gasteiger partial charge in [0.05, 0.1) is 32.9 Å². The average Bonchev–Trinajstić information content (AvgIpc) is 3.26. The number of amides is 1. The molecule has 2 heterocycles. The zero-order chi connectivity index (χ0) is 29.6. The van der Waals surface area contributed by atoms with Crippen LogP contribution in [0.2, 0.25) is 0 Å². The minimum absolute atomic E-state index is 0.0750. The van der Waals surface area contributed by atoms with E-state index in [0.29, 0.717) is 49.7 Å². The Balaban J connectivity index is 1.45. The number of phenols is 1. The van der Waals surface area contributed by atoms with Crippen molar-refractivity contribution in [3.63, 3.8) is 0 Å². The summed E-state index contributed by atoms with van der Waals surface area (Å²) in [6.45, 7) is 6.54. The fourth-order valence-corrected chi connectivity index (χ4v) is 5.56. The summed E-state index contributed by atoms with van der Waals surface area (Å²) in [5, 5.41) is 24.1. The lowest BCUT2D eigenvalue weighted by Crippen LogP contribution is -3.14. The topological polar surface area (TPSA) is 113 Å². The van der Waals surface area contributed by atoms with Crippen LogP contribution in [0.3, 0.4) is 0 Å². The smallest absolute Gasteiger partial charge is 0.295 e. The fraction of sp³-hybridized carbons (Fsp3) is 0.333. The van der Waals surface area contributed by atoms with Crippen LogP contribution in [0.1, 0.15) is 34.7 Å². The summed E-state index contributed by atoms with van der Waals surface area (Å²) < 4.78 is 16.7. The standard InChI is InChI=1S/C33H36N2O7/c1-22-19-25(10-12-27(22)42-21-23-7-4-3-5-8-23)31(37)29-30(24-9-11-26(36)28(20-24)40-2)35(33(39)32(29)38)14-6-13-34-15-17-41-18-16-34/h3-5,7-12,19-20,30,36-37H,6,13-18,21H2,1-2H3. The van der Waals surface area contributed by atoms with Crippen molar-refractivity contribution >= 4 is 17.4 Å². The van der Waals surface area contributed by atoms with Gasteiger partial charge < -0.3 is 34.2 Å². The summed E-state index contributed by atoms with van der Waals surface area (Å²) >= 11 is 0. The number of nitrogens with zero attached hydrogens (tertiary/aromatic N) is 1. The van der Waals surface area contributed by atoms with Crippen LogP contribution >= 0.6 is 0 Å². The maximum absolute atomic E-state index is 13.9. The van der Waals surface area contributed by atoms with E-state index in [-0.39, 0.29) is 17.1 Å². The fourth-order valence-electron chi connectivity index (χ4n) is 5.56. The van der Waals surface area contributed by atoms with Crippen molar-refractivity contribution in [3.8, 4) is 17.2 Å². The van der Waals surface area contributed by atoms with Gasteiger partial charge in [-0.05, 0) is 53.4 Å². The number of methoxy groups -OCH3 is 1. The van der Waals surface area contributed by atoms with E-state index in [1.807, 2.05) is 37.3 Å². The van der Waals surface area contributed by atoms with Crippen LogP contribution in [0.4, 0.5) is 0 Å². The van der Waals surface area contributed by atoms with Crippen molar-refractivity contribution < 1.29 is 38.9 Å². The normalized spacial score (nSPS) is 18.8. The molecular formula is C33H36N2O7. The van der Waals surface area contributed by atoms with Crippen LogP contribution in [0.15, 0.2) is 72.3 Å². The number of hydrogen-bond donors (Lipinski definition) is 2. The van der Waals surface area contributed by atoms with Crippen molar-refractivity contribution in [3.05, 3.63) is 94.6 Å². The molecule has 0 spiro atoms. The Bertz CT molecular complexity index is 1460. The molecule has 1 unspecified atom stereocenters. The summed E-state index contributed by atoms with van der Waals surface area (Å²) in [5.74, 6) is -1.27. The van der Waals surface area contributed by atoms with Crippen LogP contribution in [0, 0.1) is 6.92 Å². The Kier molecular flexibility index (Phi) is 9.09. The minimum atomic E-state index is -0.902. The first-order valence-corrected chi connectivity index (χ1v) is 14.2. The number of quaternary nitrogens is 1. The van der Waals surface area contributed by atoms with Crippen LogP contribution in [0.25, 0.3) is 5.76 Å². The van der Waals surface area contributed by atoms with Crippen LogP contribution < -0.4 is 19.5 Å². The number of hydrogen-bond acceptors (Lipinski definition) is 7. The maximum Gasteiger partial charge on any atom is 0.295 e. The molecule has 0 bridgehead atoms. The van der Waals surface area contributed by atoms with Crippen LogP contribution in [-0.2, 0) is 20.9 Å². The Labute approximate surface area is 245 Å². The third kappa shape index (κ3) is 6.27. The van der Waals surface area contributed by atoms with Gasteiger partial charge in [-0.2, -0.15) is 0 Å². The lowest BCUT2D eigenvalue weighted by molar-refractivity contribution is -0.908. The lowest BCUT2D eigenvalue weighted by Gasteiger charge is -2.29. The molecule has 220 valence electrons. The monoisotopic (exact) mass is 572 g/mol. The summed E-state index contributed by atoms with van der Waals surface area (Å²) in [6, 6.07) is 18.5. The van der Waals surface area contributed by atoms with Gasteiger partial charge in [-0.1, -0.05) is 48.2 Å². The predicted molar refractivity (Wildman–Crippen MR) is 154 cm³/mol. The van der Waals surface area contributed by atoms with E-state index < -0.39 is 23.5 Å². The molecule has 3 aromatic rings. The van der Waals surface area contributed by atoms with Gasteiger partial charge in [0.25, 0.3) is 5.91 Å². The molecule has 9 nitrogen and oxygen atoms in total. The molecule has 1 atom stereocenters. The van der Waals surface area contributed by atoms with E-state index in [2.05, 4.69) is 0 Å². The number of Topliss-reactive ketones (excluding diaryl/α,β-unsaturated/α-hetero) is 1. The molecule has 5 rings (SSSR count). The average molecular weight is 573 g/mol. The van der Waals surface area contributed by atoms with E-state index in [9.17, 15) is 19.8 Å². The Morgan fingerprint density at radius 2 is 1.81 bits per heavy atom. The molecule has 0 aromatic heterocycles. The number of rotatable bonds is 10. The van der Waals surface area contributed by atoms with Crippen molar-refractivity contribution in [1.29, 1.82) is 0 Å². The number of aryl methyl sites for hydroxylation is 1. The second-order valence-electron chi connectivity index (χ2n) is 10.6. The second kappa shape index (κ2) is 13.1. The van der Waals surface area contributed by atoms with Crippen molar-refractivity contribution in [2.75, 3.05) is 46.5 Å². The van der Waals surface area contributed by atoms with Gasteiger partial charge in [0.15, 0.2) is 11.5 Å². The highest BCUT2D eigenvalue weighted by molar-refractivity contribution is 6.46. The lowest BCUT2D eigenvalue weighted by atomic mass is 9.94. The van der Waals surface area contributed by atoms with Crippen molar-refractivity contribution in [2.45, 2.75) is 26.0 Å². The van der Waals surface area contributed by atoms with E-state index in [0.717, 1.165) is 30.8 Å². The first-order valence-electron chi connectivity index (χ1n) is 14.2. The molecule has 0 aliphatic carbocycles. The maximum atomic E-state index is 13.9. The van der Waals surface area contributed by atoms with Gasteiger partial charge in [0.1, 0.15) is 25.4 Å². The van der Waals surface area contributed by atoms with Gasteiger partial charge in [-0.15, -0.1) is 0 Å². The molecule has 3 aromatic carbocycles. The molecule has 2 aliphatic rings. The number of morpholine rings is 1. The van der Waals surface area contributed by atoms with Gasteiger partial charge in [0, 0.05) is 18.5 Å². The quantitative estimate of drug-likeness (QED) is 0.217. The zero-order valence-electron chi connectivity index (χ0n) is 23.9. The number of phenolic OH excluding ortho intramolecular Hbond substituents is 1. The zero-order valence-corrected chi connectivity index (χ0v) is 23.9. The molecule has 2 aliphatic heterocycles. The summed E-state index contributed by atoms with van der Waals surface area (Å²) in [6.07, 6.45) is 0.661. The predicted octanol–water partition coefficient (Wildman–Crippen LogP) is 1.82. The first kappa shape index (κ1) is 29.2. The molecule has 42 heavy (non-hydrogen) atoms. The highest BCUT2D eigenvalue weighted by Gasteiger charge is 2.44. The Morgan fingerprint density at radius 1 is 1.05 bits per heavy atom. The summed E-state index contributed by atoms with van der Waals surface area (Å²) in [5.41, 5.74) is 2.47. The molecule has 1 amide bonds. The third-order valence-electron chi connectivity index (χ3n) is 7.85. The number of benzene rings is 3. The summed E-state index contributed by atoms with van der Waals surface area (Å²) in [7, 11) is 1.42. The van der Waals surface area contributed by atoms with Gasteiger partial charge >= 0.3 is 0 Å². The second-order valence-corrected chi connectivity index (χ2v) is 10.6. The SMILES string of the molecule is COc1cc(C2C(=C([O-])c3ccc(OCc4ccccc4)c(C)c3)C(=O)C(=O)N2CCC[NH+]2CCOCC2)ccc1O. The molecule has 2 fully saturated rings. The molecule has 0 radical (unpaired) electrons. The number of nitrogens with one attached hydrogen (secondary N) is 1. The van der Waals surface area contributed by atoms with Gasteiger partial charge in [-0.3, -0.25) is 9.59 Å². The van der Waals surface area contributed by atoms with Gasteiger partial charge in [-0.25, -0.2) is 0 Å². The van der Waals surface area contributed by atoms with E-state index in [1.165, 1.54) is 23.0 Å². The summed E-state index contributed by atoms with van der Waals surface area (Å²) in [4.78, 5) is 29.7. The first-order chi connectivity index (χ1) is 20.4. The Morgan fingerprint density at radius 3 is 2.52 bits per heavy atom. The minimum Gasteiger partial charge on any atom is -0.872 e. The van der Waals surface area contributed by atoms with E-state index in [1.54, 1.807) is 30.3 Å². The highest BCUT2D eigenvalue weighted by Crippen LogP contribution is 2.41.